The summed E-state index contributed by atoms with van der Waals surface area (Å²) in [5.41, 5.74) is 0.374. The van der Waals surface area contributed by atoms with Crippen molar-refractivity contribution in [3.05, 3.63) is 0 Å². The number of piperidine rings is 2. The van der Waals surface area contributed by atoms with Gasteiger partial charge in [0.2, 0.25) is 0 Å². The molecule has 3 heteroatoms. The van der Waals surface area contributed by atoms with Crippen LogP contribution < -0.4 is 0 Å². The van der Waals surface area contributed by atoms with Crippen LogP contribution in [0.1, 0.15) is 33.1 Å². The number of alkyl halides is 1. The van der Waals surface area contributed by atoms with Crippen molar-refractivity contribution < 1.29 is 4.39 Å². The van der Waals surface area contributed by atoms with Crippen molar-refractivity contribution in [1.82, 2.24) is 9.80 Å². The molecule has 0 aliphatic carbocycles. The summed E-state index contributed by atoms with van der Waals surface area (Å²) in [5, 5.41) is 0. The van der Waals surface area contributed by atoms with E-state index in [-0.39, 0.29) is 0 Å². The minimum Gasteiger partial charge on any atom is -0.301 e. The molecule has 2 aliphatic rings. The fourth-order valence-corrected chi connectivity index (χ4v) is 3.11. The predicted octanol–water partition coefficient (Wildman–Crippen LogP) is 1.90. The van der Waals surface area contributed by atoms with E-state index < -0.39 is 6.17 Å². The molecule has 15 heavy (non-hydrogen) atoms. The van der Waals surface area contributed by atoms with Crippen molar-refractivity contribution in [3.8, 4) is 0 Å². The normalized spacial score (nSPS) is 40.4. The minimum atomic E-state index is -0.686. The van der Waals surface area contributed by atoms with E-state index >= 15 is 0 Å². The second-order valence-corrected chi connectivity index (χ2v) is 5.59. The number of rotatable bonds is 2. The van der Waals surface area contributed by atoms with Gasteiger partial charge in [-0.1, -0.05) is 0 Å². The van der Waals surface area contributed by atoms with Gasteiger partial charge in [-0.05, 0) is 46.7 Å². The maximum atomic E-state index is 13.0. The number of fused-ring (bicyclic) bond motifs is 2. The first-order chi connectivity index (χ1) is 7.01. The van der Waals surface area contributed by atoms with E-state index in [0.717, 1.165) is 6.54 Å². The van der Waals surface area contributed by atoms with E-state index in [1.807, 2.05) is 0 Å². The average molecular weight is 214 g/mol. The lowest BCUT2D eigenvalue weighted by molar-refractivity contribution is -0.0334. The summed E-state index contributed by atoms with van der Waals surface area (Å²) in [6.45, 7) is 6.89. The number of hydrogen-bond acceptors (Lipinski definition) is 2. The first-order valence-corrected chi connectivity index (χ1v) is 6.11. The Balaban J connectivity index is 2.00. The molecule has 3 atom stereocenters. The van der Waals surface area contributed by atoms with Crippen molar-refractivity contribution in [3.63, 3.8) is 0 Å². The topological polar surface area (TPSA) is 6.48 Å². The van der Waals surface area contributed by atoms with E-state index in [0.29, 0.717) is 18.1 Å². The molecule has 0 aromatic rings. The summed E-state index contributed by atoms with van der Waals surface area (Å²) in [4.78, 5) is 4.85. The van der Waals surface area contributed by atoms with Crippen molar-refractivity contribution in [2.75, 3.05) is 26.7 Å². The molecule has 2 heterocycles. The van der Waals surface area contributed by atoms with Gasteiger partial charge in [-0.15, -0.1) is 0 Å². The zero-order chi connectivity index (χ0) is 11.1. The fraction of sp³-hybridized carbons (Fsp3) is 1.00. The zero-order valence-electron chi connectivity index (χ0n) is 10.2. The van der Waals surface area contributed by atoms with E-state index in [4.69, 9.17) is 0 Å². The third-order valence-corrected chi connectivity index (χ3v) is 4.33. The molecule has 2 saturated heterocycles. The Labute approximate surface area is 92.4 Å². The van der Waals surface area contributed by atoms with E-state index in [9.17, 15) is 4.39 Å². The quantitative estimate of drug-likeness (QED) is 0.693. The van der Waals surface area contributed by atoms with Gasteiger partial charge < -0.3 is 4.90 Å². The van der Waals surface area contributed by atoms with Gasteiger partial charge in [0, 0.05) is 24.7 Å². The molecule has 0 N–H and O–H groups in total. The number of nitrogens with zero attached hydrogens (tertiary/aromatic N) is 2. The molecule has 2 unspecified atom stereocenters. The number of likely N-dealkylation sites (tertiary alicyclic amines) is 2. The van der Waals surface area contributed by atoms with Crippen LogP contribution in [0.4, 0.5) is 4.39 Å². The summed E-state index contributed by atoms with van der Waals surface area (Å²) >= 11 is 0. The van der Waals surface area contributed by atoms with Gasteiger partial charge in [-0.25, -0.2) is 4.39 Å². The Hall–Kier alpha value is -0.150. The summed E-state index contributed by atoms with van der Waals surface area (Å²) in [5.74, 6) is 0. The van der Waals surface area contributed by atoms with Crippen molar-refractivity contribution in [1.29, 1.82) is 0 Å². The number of halogens is 1. The SMILES string of the molecule is CC(F)CN1CC[C@@]2(C)CC1CCN2C. The Morgan fingerprint density at radius 3 is 2.87 bits per heavy atom. The van der Waals surface area contributed by atoms with Crippen LogP contribution in [-0.2, 0) is 0 Å². The molecule has 0 radical (unpaired) electrons. The molecule has 2 bridgehead atoms. The summed E-state index contributed by atoms with van der Waals surface area (Å²) in [6, 6.07) is 0.623. The molecular weight excluding hydrogens is 191 g/mol. The second-order valence-electron chi connectivity index (χ2n) is 5.59. The molecule has 2 aliphatic heterocycles. The second kappa shape index (κ2) is 4.02. The zero-order valence-corrected chi connectivity index (χ0v) is 10.2. The minimum absolute atomic E-state index is 0.374. The third kappa shape index (κ3) is 2.18. The van der Waals surface area contributed by atoms with Crippen molar-refractivity contribution in [2.24, 2.45) is 0 Å². The van der Waals surface area contributed by atoms with Gasteiger partial charge in [0.15, 0.2) is 0 Å². The van der Waals surface area contributed by atoms with Gasteiger partial charge in [0.25, 0.3) is 0 Å². The van der Waals surface area contributed by atoms with Crippen molar-refractivity contribution in [2.45, 2.75) is 50.9 Å². The summed E-state index contributed by atoms with van der Waals surface area (Å²) < 4.78 is 13.0. The Kier molecular flexibility index (Phi) is 3.04. The summed E-state index contributed by atoms with van der Waals surface area (Å²) in [6.07, 6.45) is 2.93. The first kappa shape index (κ1) is 11.3. The van der Waals surface area contributed by atoms with Gasteiger partial charge in [0.05, 0.1) is 0 Å². The van der Waals surface area contributed by atoms with E-state index in [2.05, 4.69) is 23.8 Å². The Morgan fingerprint density at radius 1 is 1.47 bits per heavy atom. The Morgan fingerprint density at radius 2 is 2.20 bits per heavy atom. The molecule has 0 aromatic heterocycles. The highest BCUT2D eigenvalue weighted by Gasteiger charge is 2.42. The molecule has 0 saturated carbocycles. The largest absolute Gasteiger partial charge is 0.301 e. The highest BCUT2D eigenvalue weighted by atomic mass is 19.1. The van der Waals surface area contributed by atoms with Crippen LogP contribution in [0.3, 0.4) is 0 Å². The monoisotopic (exact) mass is 214 g/mol. The van der Waals surface area contributed by atoms with Crippen LogP contribution in [0.25, 0.3) is 0 Å². The first-order valence-electron chi connectivity index (χ1n) is 6.11. The van der Waals surface area contributed by atoms with Crippen molar-refractivity contribution >= 4 is 0 Å². The molecule has 2 rings (SSSR count). The van der Waals surface area contributed by atoms with Crippen LogP contribution in [0.15, 0.2) is 0 Å². The van der Waals surface area contributed by atoms with Crippen LogP contribution >= 0.6 is 0 Å². The molecule has 0 amide bonds. The molecular formula is C12H23FN2. The van der Waals surface area contributed by atoms with Gasteiger partial charge in [0.1, 0.15) is 6.17 Å². The Bertz CT molecular complexity index is 232. The third-order valence-electron chi connectivity index (χ3n) is 4.33. The molecule has 2 fully saturated rings. The number of hydrogen-bond donors (Lipinski definition) is 0. The van der Waals surface area contributed by atoms with Crippen LogP contribution in [0.5, 0.6) is 0 Å². The van der Waals surface area contributed by atoms with Crippen LogP contribution in [-0.4, -0.2) is 54.2 Å². The van der Waals surface area contributed by atoms with Crippen LogP contribution in [0, 0.1) is 0 Å². The molecule has 88 valence electrons. The molecule has 0 spiro atoms. The molecule has 2 nitrogen and oxygen atoms in total. The summed E-state index contributed by atoms with van der Waals surface area (Å²) in [7, 11) is 2.23. The molecule has 0 aromatic carbocycles. The maximum absolute atomic E-state index is 13.0. The van der Waals surface area contributed by atoms with Gasteiger partial charge in [-0.2, -0.15) is 0 Å². The van der Waals surface area contributed by atoms with Crippen LogP contribution in [0.2, 0.25) is 0 Å². The van der Waals surface area contributed by atoms with Gasteiger partial charge in [-0.3, -0.25) is 4.90 Å². The lowest BCUT2D eigenvalue weighted by Crippen LogP contribution is -2.61. The maximum Gasteiger partial charge on any atom is 0.110 e. The lowest BCUT2D eigenvalue weighted by atomic mass is 9.79. The van der Waals surface area contributed by atoms with Gasteiger partial charge >= 0.3 is 0 Å². The predicted molar refractivity (Wildman–Crippen MR) is 60.8 cm³/mol. The highest BCUT2D eigenvalue weighted by molar-refractivity contribution is 4.99. The average Bonchev–Trinajstić information content (AvgIpc) is 2.16. The van der Waals surface area contributed by atoms with E-state index in [1.165, 1.54) is 25.8 Å². The fourth-order valence-electron chi connectivity index (χ4n) is 3.11. The highest BCUT2D eigenvalue weighted by Crippen LogP contribution is 2.36. The lowest BCUT2D eigenvalue weighted by Gasteiger charge is -2.53. The smallest absolute Gasteiger partial charge is 0.110 e. The van der Waals surface area contributed by atoms with E-state index in [1.54, 1.807) is 6.92 Å². The standard InChI is InChI=1S/C12H23FN2/c1-10(13)9-15-7-5-12(2)8-11(15)4-6-14(12)3/h10-11H,4-9H2,1-3H3/t10?,11?,12-/m0/s1.